The van der Waals surface area contributed by atoms with Gasteiger partial charge in [-0.2, -0.15) is 0 Å². The van der Waals surface area contributed by atoms with E-state index in [0.717, 1.165) is 31.7 Å². The van der Waals surface area contributed by atoms with E-state index in [1.165, 1.54) is 10.6 Å². The Morgan fingerprint density at radius 1 is 1.25 bits per heavy atom. The van der Waals surface area contributed by atoms with Gasteiger partial charge in [-0.15, -0.1) is 11.3 Å². The van der Waals surface area contributed by atoms with Crippen molar-refractivity contribution in [2.24, 2.45) is 5.73 Å². The maximum atomic E-state index is 5.96. The molecule has 1 aliphatic heterocycles. The molecule has 1 aliphatic rings. The predicted molar refractivity (Wildman–Crippen MR) is 82.0 cm³/mol. The van der Waals surface area contributed by atoms with E-state index in [1.54, 1.807) is 11.3 Å². The van der Waals surface area contributed by atoms with Gasteiger partial charge >= 0.3 is 0 Å². The molecule has 2 heterocycles. The number of hydrogen-bond donors (Lipinski definition) is 1. The molecule has 1 fully saturated rings. The van der Waals surface area contributed by atoms with E-state index in [0.29, 0.717) is 0 Å². The minimum absolute atomic E-state index is 0.00266. The lowest BCUT2D eigenvalue weighted by Gasteiger charge is -2.36. The zero-order valence-electron chi connectivity index (χ0n) is 11.7. The second-order valence-electron chi connectivity index (χ2n) is 5.43. The van der Waals surface area contributed by atoms with Gasteiger partial charge in [0.15, 0.2) is 0 Å². The third kappa shape index (κ3) is 2.39. The summed E-state index contributed by atoms with van der Waals surface area (Å²) in [5, 5.41) is 3.28. The first-order valence-corrected chi connectivity index (χ1v) is 7.95. The molecule has 0 aliphatic carbocycles. The second-order valence-corrected chi connectivity index (χ2v) is 6.28. The van der Waals surface area contributed by atoms with Gasteiger partial charge in [0.2, 0.25) is 0 Å². The number of benzene rings is 1. The van der Waals surface area contributed by atoms with E-state index < -0.39 is 0 Å². The smallest absolute Gasteiger partial charge is 0.104 e. The fourth-order valence-electron chi connectivity index (χ4n) is 2.82. The lowest BCUT2D eigenvalue weighted by Crippen LogP contribution is -2.35. The van der Waals surface area contributed by atoms with Crippen molar-refractivity contribution in [3.05, 3.63) is 52.0 Å². The van der Waals surface area contributed by atoms with E-state index in [9.17, 15) is 0 Å². The number of nitrogens with two attached hydrogens (primary N) is 1. The van der Waals surface area contributed by atoms with Gasteiger partial charge in [-0.05, 0) is 25.3 Å². The summed E-state index contributed by atoms with van der Waals surface area (Å²) in [5.74, 6) is 0. The number of nitrogens with zero attached hydrogens (tertiary/aromatic N) is 1. The lowest BCUT2D eigenvalue weighted by molar-refractivity contribution is 0.0630. The summed E-state index contributed by atoms with van der Waals surface area (Å²) in [5.41, 5.74) is 8.29. The van der Waals surface area contributed by atoms with Gasteiger partial charge in [0.25, 0.3) is 0 Å². The van der Waals surface area contributed by atoms with Crippen molar-refractivity contribution in [3.8, 4) is 0 Å². The topological polar surface area (TPSA) is 48.1 Å². The highest BCUT2D eigenvalue weighted by Crippen LogP contribution is 2.42. The molecule has 3 rings (SSSR count). The van der Waals surface area contributed by atoms with E-state index in [-0.39, 0.29) is 11.5 Å². The first-order chi connectivity index (χ1) is 9.72. The third-order valence-electron chi connectivity index (χ3n) is 4.07. The van der Waals surface area contributed by atoms with E-state index in [2.05, 4.69) is 35.7 Å². The van der Waals surface area contributed by atoms with E-state index >= 15 is 0 Å². The molecule has 3 nitrogen and oxygen atoms in total. The van der Waals surface area contributed by atoms with E-state index in [1.807, 2.05) is 6.92 Å². The first-order valence-electron chi connectivity index (χ1n) is 7.07. The summed E-state index contributed by atoms with van der Waals surface area (Å²) in [7, 11) is 0. The van der Waals surface area contributed by atoms with Crippen molar-refractivity contribution < 1.29 is 4.74 Å². The predicted octanol–water partition coefficient (Wildman–Crippen LogP) is 3.26. The van der Waals surface area contributed by atoms with Crippen molar-refractivity contribution >= 4 is 11.3 Å². The standard InChI is InChI=1S/C16H20N2OS/c1-12(17)14-11-20-15(18-14)16(7-9-19-10-8-16)13-5-3-2-4-6-13/h2-6,11-12H,7-10,17H2,1H3. The Bertz CT molecular complexity index is 559. The number of aromatic nitrogens is 1. The molecule has 0 bridgehead atoms. The fourth-order valence-corrected chi connectivity index (χ4v) is 4.02. The van der Waals surface area contributed by atoms with Crippen LogP contribution in [0.25, 0.3) is 0 Å². The van der Waals surface area contributed by atoms with E-state index in [4.69, 9.17) is 15.5 Å². The van der Waals surface area contributed by atoms with Crippen LogP contribution in [-0.4, -0.2) is 18.2 Å². The van der Waals surface area contributed by atoms with Crippen LogP contribution in [0.2, 0.25) is 0 Å². The van der Waals surface area contributed by atoms with Crippen LogP contribution in [0.1, 0.15) is 42.1 Å². The van der Waals surface area contributed by atoms with Gasteiger partial charge in [0.05, 0.1) is 11.1 Å². The third-order valence-corrected chi connectivity index (χ3v) is 5.14. The average molecular weight is 288 g/mol. The largest absolute Gasteiger partial charge is 0.381 e. The molecule has 2 aromatic rings. The Morgan fingerprint density at radius 2 is 1.95 bits per heavy atom. The summed E-state index contributed by atoms with van der Waals surface area (Å²) in [6.45, 7) is 3.57. The van der Waals surface area contributed by atoms with Crippen molar-refractivity contribution in [2.45, 2.75) is 31.2 Å². The van der Waals surface area contributed by atoms with Crippen LogP contribution in [-0.2, 0) is 10.2 Å². The molecule has 4 heteroatoms. The minimum atomic E-state index is -0.00679. The van der Waals surface area contributed by atoms with Gasteiger partial charge in [-0.1, -0.05) is 30.3 Å². The Balaban J connectivity index is 2.05. The molecule has 1 aromatic carbocycles. The van der Waals surface area contributed by atoms with Gasteiger partial charge in [0.1, 0.15) is 5.01 Å². The van der Waals surface area contributed by atoms with Crippen molar-refractivity contribution in [1.29, 1.82) is 0 Å². The highest BCUT2D eigenvalue weighted by molar-refractivity contribution is 7.09. The summed E-state index contributed by atoms with van der Waals surface area (Å²) in [6.07, 6.45) is 1.98. The van der Waals surface area contributed by atoms with Crippen molar-refractivity contribution in [3.63, 3.8) is 0 Å². The molecular formula is C16H20N2OS. The number of thiazole rings is 1. The molecule has 2 N–H and O–H groups in total. The van der Waals surface area contributed by atoms with Gasteiger partial charge in [0, 0.05) is 24.6 Å². The molecule has 1 atom stereocenters. The fraction of sp³-hybridized carbons (Fsp3) is 0.438. The molecule has 0 saturated carbocycles. The van der Waals surface area contributed by atoms with Gasteiger partial charge in [-0.25, -0.2) is 4.98 Å². The van der Waals surface area contributed by atoms with Crippen LogP contribution >= 0.6 is 11.3 Å². The Kier molecular flexibility index (Phi) is 3.87. The maximum Gasteiger partial charge on any atom is 0.104 e. The molecule has 106 valence electrons. The number of hydrogen-bond acceptors (Lipinski definition) is 4. The molecular weight excluding hydrogens is 268 g/mol. The molecule has 1 aromatic heterocycles. The average Bonchev–Trinajstić information content (AvgIpc) is 2.99. The number of ether oxygens (including phenoxy) is 1. The molecule has 0 amide bonds. The Morgan fingerprint density at radius 3 is 2.55 bits per heavy atom. The van der Waals surface area contributed by atoms with Crippen LogP contribution in [0.15, 0.2) is 35.7 Å². The van der Waals surface area contributed by atoms with Gasteiger partial charge in [-0.3, -0.25) is 0 Å². The van der Waals surface area contributed by atoms with Gasteiger partial charge < -0.3 is 10.5 Å². The van der Waals surface area contributed by atoms with Crippen LogP contribution in [0.3, 0.4) is 0 Å². The summed E-state index contributed by atoms with van der Waals surface area (Å²) >= 11 is 1.73. The highest BCUT2D eigenvalue weighted by Gasteiger charge is 2.38. The Hall–Kier alpha value is -1.23. The van der Waals surface area contributed by atoms with Crippen molar-refractivity contribution in [2.75, 3.05) is 13.2 Å². The Labute approximate surface area is 123 Å². The van der Waals surface area contributed by atoms with Crippen LogP contribution in [0.4, 0.5) is 0 Å². The normalized spacial score (nSPS) is 19.7. The summed E-state index contributed by atoms with van der Waals surface area (Å²) < 4.78 is 5.57. The summed E-state index contributed by atoms with van der Waals surface area (Å²) in [4.78, 5) is 4.82. The second kappa shape index (κ2) is 5.64. The van der Waals surface area contributed by atoms with Crippen LogP contribution in [0.5, 0.6) is 0 Å². The zero-order chi connectivity index (χ0) is 14.0. The summed E-state index contributed by atoms with van der Waals surface area (Å²) in [6, 6.07) is 10.7. The zero-order valence-corrected chi connectivity index (χ0v) is 12.5. The van der Waals surface area contributed by atoms with Crippen LogP contribution < -0.4 is 5.73 Å². The van der Waals surface area contributed by atoms with Crippen molar-refractivity contribution in [1.82, 2.24) is 4.98 Å². The first kappa shape index (κ1) is 13.7. The highest BCUT2D eigenvalue weighted by atomic mass is 32.1. The molecule has 0 spiro atoms. The maximum absolute atomic E-state index is 5.96. The molecule has 1 saturated heterocycles. The SMILES string of the molecule is CC(N)c1csc(C2(c3ccccc3)CCOCC2)n1. The molecule has 1 unspecified atom stereocenters. The van der Waals surface area contributed by atoms with Crippen LogP contribution in [0, 0.1) is 0 Å². The number of rotatable bonds is 3. The lowest BCUT2D eigenvalue weighted by atomic mass is 9.74. The quantitative estimate of drug-likeness (QED) is 0.943. The molecule has 0 radical (unpaired) electrons. The molecule has 20 heavy (non-hydrogen) atoms. The minimum Gasteiger partial charge on any atom is -0.381 e. The monoisotopic (exact) mass is 288 g/mol.